The van der Waals surface area contributed by atoms with Crippen LogP contribution in [0.25, 0.3) is 0 Å². The maximum Gasteiger partial charge on any atom is 0.0788 e. The quantitative estimate of drug-likeness (QED) is 0.120. The van der Waals surface area contributed by atoms with Crippen molar-refractivity contribution in [3.05, 3.63) is 0 Å². The van der Waals surface area contributed by atoms with E-state index in [9.17, 15) is 0 Å². The van der Waals surface area contributed by atoms with Gasteiger partial charge in [-0.1, -0.05) is 85.5 Å². The zero-order chi connectivity index (χ0) is 24.8. The molecule has 0 atom stereocenters. The molecule has 2 rings (SSSR count). The second-order valence-electron chi connectivity index (χ2n) is 12.1. The summed E-state index contributed by atoms with van der Waals surface area (Å²) in [6.45, 7) is 21.1. The lowest BCUT2D eigenvalue weighted by Crippen LogP contribution is -2.46. The molecule has 0 N–H and O–H groups in total. The Morgan fingerprint density at radius 3 is 0.971 bits per heavy atom. The molecule has 2 saturated heterocycles. The van der Waals surface area contributed by atoms with Gasteiger partial charge in [-0.3, -0.25) is 0 Å². The maximum atomic E-state index is 2.34. The average Bonchev–Trinajstić information content (AvgIpc) is 3.51. The van der Waals surface area contributed by atoms with Crippen molar-refractivity contribution < 1.29 is 8.97 Å². The highest BCUT2D eigenvalue weighted by atomic mass is 15.4. The predicted molar refractivity (Wildman–Crippen MR) is 154 cm³/mol. The molecule has 2 nitrogen and oxygen atoms in total. The summed E-state index contributed by atoms with van der Waals surface area (Å²) in [5, 5.41) is 0. The first-order chi connectivity index (χ1) is 16.7. The van der Waals surface area contributed by atoms with Gasteiger partial charge < -0.3 is 8.97 Å². The molecule has 2 aliphatic rings. The molecule has 0 radical (unpaired) electrons. The highest BCUT2D eigenvalue weighted by Gasteiger charge is 2.31. The SMILES string of the molecule is CCCCCCCCCC[N+]1(CCCC)CCCC1.CCCCC[N+]1(CCCCC)CCCC1. The van der Waals surface area contributed by atoms with E-state index in [1.807, 2.05) is 0 Å². The molecule has 0 aliphatic carbocycles. The van der Waals surface area contributed by atoms with E-state index >= 15 is 0 Å². The molecule has 0 aromatic heterocycles. The highest BCUT2D eigenvalue weighted by Crippen LogP contribution is 2.23. The summed E-state index contributed by atoms with van der Waals surface area (Å²) in [7, 11) is 0. The number of likely N-dealkylation sites (tertiary alicyclic amines) is 2. The molecular formula is C32H68N2+2. The molecule has 2 heterocycles. The molecular weight excluding hydrogens is 412 g/mol. The van der Waals surface area contributed by atoms with Crippen molar-refractivity contribution in [2.45, 2.75) is 156 Å². The van der Waals surface area contributed by atoms with Gasteiger partial charge >= 0.3 is 0 Å². The average molecular weight is 481 g/mol. The van der Waals surface area contributed by atoms with Gasteiger partial charge in [0.25, 0.3) is 0 Å². The molecule has 0 bridgehead atoms. The van der Waals surface area contributed by atoms with Crippen LogP contribution in [0.5, 0.6) is 0 Å². The minimum Gasteiger partial charge on any atom is -0.324 e. The first-order valence-electron chi connectivity index (χ1n) is 16.4. The van der Waals surface area contributed by atoms with Crippen LogP contribution >= 0.6 is 0 Å². The summed E-state index contributed by atoms with van der Waals surface area (Å²) in [5.74, 6) is 0. The van der Waals surface area contributed by atoms with Crippen LogP contribution in [0.15, 0.2) is 0 Å². The van der Waals surface area contributed by atoms with Crippen LogP contribution in [0.2, 0.25) is 0 Å². The fourth-order valence-electron chi connectivity index (χ4n) is 6.60. The van der Waals surface area contributed by atoms with Gasteiger partial charge in [-0.05, 0) is 44.9 Å². The highest BCUT2D eigenvalue weighted by molar-refractivity contribution is 4.57. The lowest BCUT2D eigenvalue weighted by atomic mass is 10.1. The van der Waals surface area contributed by atoms with E-state index in [-0.39, 0.29) is 0 Å². The van der Waals surface area contributed by atoms with E-state index in [1.165, 1.54) is 190 Å². The number of hydrogen-bond acceptors (Lipinski definition) is 0. The fraction of sp³-hybridized carbons (Fsp3) is 1.00. The minimum atomic E-state index is 1.37. The molecule has 204 valence electrons. The molecule has 0 aromatic rings. The molecule has 2 heteroatoms. The lowest BCUT2D eigenvalue weighted by Gasteiger charge is -2.34. The largest absolute Gasteiger partial charge is 0.324 e. The van der Waals surface area contributed by atoms with E-state index < -0.39 is 0 Å². The molecule has 0 aromatic carbocycles. The van der Waals surface area contributed by atoms with Crippen molar-refractivity contribution in [1.29, 1.82) is 0 Å². The summed E-state index contributed by atoms with van der Waals surface area (Å²) < 4.78 is 2.95. The molecule has 0 unspecified atom stereocenters. The molecule has 2 aliphatic heterocycles. The van der Waals surface area contributed by atoms with Crippen molar-refractivity contribution in [2.24, 2.45) is 0 Å². The van der Waals surface area contributed by atoms with Gasteiger partial charge in [0, 0.05) is 25.7 Å². The van der Waals surface area contributed by atoms with Crippen LogP contribution < -0.4 is 0 Å². The molecule has 34 heavy (non-hydrogen) atoms. The zero-order valence-corrected chi connectivity index (χ0v) is 24.7. The fourth-order valence-corrected chi connectivity index (χ4v) is 6.60. The summed E-state index contributed by atoms with van der Waals surface area (Å²) in [5.41, 5.74) is 0. The van der Waals surface area contributed by atoms with Crippen molar-refractivity contribution in [1.82, 2.24) is 0 Å². The Labute approximate surface area is 217 Å². The van der Waals surface area contributed by atoms with Crippen LogP contribution in [-0.2, 0) is 0 Å². The van der Waals surface area contributed by atoms with Crippen LogP contribution in [0.1, 0.15) is 156 Å². The van der Waals surface area contributed by atoms with E-state index in [1.54, 1.807) is 0 Å². The van der Waals surface area contributed by atoms with Crippen LogP contribution in [-0.4, -0.2) is 61.3 Å². The van der Waals surface area contributed by atoms with E-state index in [4.69, 9.17) is 0 Å². The van der Waals surface area contributed by atoms with Gasteiger partial charge in [-0.25, -0.2) is 0 Å². The summed E-state index contributed by atoms with van der Waals surface area (Å²) >= 11 is 0. The van der Waals surface area contributed by atoms with Crippen molar-refractivity contribution in [2.75, 3.05) is 52.4 Å². The standard InChI is InChI=1S/C18H38N.C14H30N/c1-3-5-7-8-9-10-11-12-16-19(15-6-4-2)17-13-14-18-19;1-3-5-7-11-15(12-8-6-4-2)13-9-10-14-15/h3-18H2,1-2H3;3-14H2,1-2H3/q2*+1. The number of hydrogen-bond donors (Lipinski definition) is 0. The maximum absolute atomic E-state index is 2.34. The Kier molecular flexibility index (Phi) is 19.8. The molecule has 0 amide bonds. The summed E-state index contributed by atoms with van der Waals surface area (Å²) in [4.78, 5) is 0. The van der Waals surface area contributed by atoms with Crippen molar-refractivity contribution in [3.63, 3.8) is 0 Å². The molecule has 0 saturated carbocycles. The topological polar surface area (TPSA) is 0 Å². The number of unbranched alkanes of at least 4 members (excludes halogenated alkanes) is 12. The third-order valence-corrected chi connectivity index (χ3v) is 8.97. The molecule has 2 fully saturated rings. The van der Waals surface area contributed by atoms with E-state index in [0.29, 0.717) is 0 Å². The van der Waals surface area contributed by atoms with Crippen LogP contribution in [0.4, 0.5) is 0 Å². The zero-order valence-electron chi connectivity index (χ0n) is 24.7. The second kappa shape index (κ2) is 21.0. The minimum absolute atomic E-state index is 1.37. The first kappa shape index (κ1) is 31.9. The third kappa shape index (κ3) is 14.5. The van der Waals surface area contributed by atoms with Gasteiger partial charge in [0.05, 0.1) is 52.4 Å². The third-order valence-electron chi connectivity index (χ3n) is 8.97. The Morgan fingerprint density at radius 1 is 0.324 bits per heavy atom. The van der Waals surface area contributed by atoms with Crippen molar-refractivity contribution >= 4 is 0 Å². The Balaban J connectivity index is 0.000000350. The van der Waals surface area contributed by atoms with Gasteiger partial charge in [0.1, 0.15) is 0 Å². The smallest absolute Gasteiger partial charge is 0.0788 e. The number of nitrogens with zero attached hydrogens (tertiary/aromatic N) is 2. The second-order valence-corrected chi connectivity index (χ2v) is 12.1. The van der Waals surface area contributed by atoms with Gasteiger partial charge in [0.2, 0.25) is 0 Å². The summed E-state index contributed by atoms with van der Waals surface area (Å²) in [6.07, 6.45) is 29.0. The van der Waals surface area contributed by atoms with E-state index in [2.05, 4.69) is 27.7 Å². The van der Waals surface area contributed by atoms with Crippen molar-refractivity contribution in [3.8, 4) is 0 Å². The monoisotopic (exact) mass is 481 g/mol. The lowest BCUT2D eigenvalue weighted by molar-refractivity contribution is -0.917. The van der Waals surface area contributed by atoms with Crippen LogP contribution in [0, 0.1) is 0 Å². The number of quaternary nitrogens is 2. The Morgan fingerprint density at radius 2 is 0.588 bits per heavy atom. The first-order valence-corrected chi connectivity index (χ1v) is 16.4. The van der Waals surface area contributed by atoms with Gasteiger partial charge in [0.15, 0.2) is 0 Å². The Bertz CT molecular complexity index is 409. The normalized spacial score (nSPS) is 18.7. The predicted octanol–water partition coefficient (Wildman–Crippen LogP) is 9.52. The molecule has 0 spiro atoms. The number of rotatable bonds is 20. The Hall–Kier alpha value is -0.0800. The van der Waals surface area contributed by atoms with Gasteiger partial charge in [-0.2, -0.15) is 0 Å². The van der Waals surface area contributed by atoms with Gasteiger partial charge in [-0.15, -0.1) is 0 Å². The summed E-state index contributed by atoms with van der Waals surface area (Å²) in [6, 6.07) is 0. The van der Waals surface area contributed by atoms with Crippen LogP contribution in [0.3, 0.4) is 0 Å². The van der Waals surface area contributed by atoms with E-state index in [0.717, 1.165) is 0 Å².